The van der Waals surface area contributed by atoms with Crippen molar-refractivity contribution < 1.29 is 0 Å². The standard InChI is InChI=1S/C20H23N3.HI/c21-20(23-19-13-17(19)15-7-2-1-3-8-15)22-18-12-6-10-14-9-4-5-11-16(14)18;/h1-3,6-8,10,12,17,19H,4-5,9,11,13H2,(H3,21,22,23);1H. The van der Waals surface area contributed by atoms with E-state index in [4.69, 9.17) is 5.73 Å². The minimum atomic E-state index is 0. The molecule has 3 N–H and O–H groups in total. The summed E-state index contributed by atoms with van der Waals surface area (Å²) in [5, 5.41) is 3.34. The molecule has 2 aromatic rings. The monoisotopic (exact) mass is 433 g/mol. The Kier molecular flexibility index (Phi) is 5.43. The van der Waals surface area contributed by atoms with Gasteiger partial charge in [0.2, 0.25) is 0 Å². The number of rotatable bonds is 3. The number of nitrogens with two attached hydrogens (primary N) is 1. The van der Waals surface area contributed by atoms with Gasteiger partial charge in [-0.3, -0.25) is 0 Å². The average molecular weight is 433 g/mol. The second kappa shape index (κ2) is 7.55. The Morgan fingerprint density at radius 1 is 1.00 bits per heavy atom. The fourth-order valence-corrected chi connectivity index (χ4v) is 3.63. The third-order valence-corrected chi connectivity index (χ3v) is 4.95. The number of halogens is 1. The molecule has 1 saturated carbocycles. The molecule has 0 bridgehead atoms. The van der Waals surface area contributed by atoms with Gasteiger partial charge in [-0.05, 0) is 54.9 Å². The Morgan fingerprint density at radius 2 is 1.79 bits per heavy atom. The van der Waals surface area contributed by atoms with E-state index in [0.717, 1.165) is 18.5 Å². The van der Waals surface area contributed by atoms with Crippen LogP contribution in [0.15, 0.2) is 53.5 Å². The lowest BCUT2D eigenvalue weighted by Gasteiger charge is -2.19. The summed E-state index contributed by atoms with van der Waals surface area (Å²) in [6.07, 6.45) is 5.98. The van der Waals surface area contributed by atoms with E-state index in [1.807, 2.05) is 0 Å². The highest BCUT2D eigenvalue weighted by Crippen LogP contribution is 2.43. The van der Waals surface area contributed by atoms with Crippen LogP contribution in [0.3, 0.4) is 0 Å². The van der Waals surface area contributed by atoms with Crippen LogP contribution < -0.4 is 11.1 Å². The van der Waals surface area contributed by atoms with E-state index in [0.29, 0.717) is 17.9 Å². The molecule has 2 aliphatic rings. The van der Waals surface area contributed by atoms with Gasteiger partial charge in [-0.1, -0.05) is 42.5 Å². The average Bonchev–Trinajstić information content (AvgIpc) is 3.35. The van der Waals surface area contributed by atoms with E-state index in [-0.39, 0.29) is 24.0 Å². The maximum Gasteiger partial charge on any atom is 0.193 e. The van der Waals surface area contributed by atoms with Crippen LogP contribution in [0.2, 0.25) is 0 Å². The number of hydrogen-bond donors (Lipinski definition) is 2. The molecule has 1 fully saturated rings. The minimum Gasteiger partial charge on any atom is -0.370 e. The maximum atomic E-state index is 6.16. The van der Waals surface area contributed by atoms with E-state index in [1.54, 1.807) is 0 Å². The van der Waals surface area contributed by atoms with Crippen LogP contribution in [0.4, 0.5) is 5.69 Å². The molecule has 4 rings (SSSR count). The second-order valence-corrected chi connectivity index (χ2v) is 6.61. The summed E-state index contributed by atoms with van der Waals surface area (Å²) in [5.41, 5.74) is 11.5. The first-order valence-electron chi connectivity index (χ1n) is 8.57. The van der Waals surface area contributed by atoms with E-state index < -0.39 is 0 Å². The van der Waals surface area contributed by atoms with Crippen molar-refractivity contribution in [3.05, 3.63) is 65.2 Å². The zero-order chi connectivity index (χ0) is 15.6. The number of hydrogen-bond acceptors (Lipinski definition) is 1. The lowest BCUT2D eigenvalue weighted by Crippen LogP contribution is -2.24. The maximum absolute atomic E-state index is 6.16. The van der Waals surface area contributed by atoms with Crippen molar-refractivity contribution in [2.75, 3.05) is 5.32 Å². The molecule has 0 amide bonds. The van der Waals surface area contributed by atoms with Crippen molar-refractivity contribution in [2.24, 2.45) is 10.7 Å². The fraction of sp³-hybridized carbons (Fsp3) is 0.350. The number of nitrogens with zero attached hydrogens (tertiary/aromatic N) is 1. The number of guanidine groups is 1. The number of aryl methyl sites for hydroxylation is 1. The van der Waals surface area contributed by atoms with Crippen LogP contribution in [0.5, 0.6) is 0 Å². The first kappa shape index (κ1) is 17.3. The zero-order valence-corrected chi connectivity index (χ0v) is 16.1. The molecule has 2 atom stereocenters. The molecule has 126 valence electrons. The third-order valence-electron chi connectivity index (χ3n) is 4.95. The van der Waals surface area contributed by atoms with E-state index in [2.05, 4.69) is 58.8 Å². The Morgan fingerprint density at radius 3 is 2.62 bits per heavy atom. The van der Waals surface area contributed by atoms with Gasteiger partial charge in [0.05, 0.1) is 6.04 Å². The first-order valence-corrected chi connectivity index (χ1v) is 8.57. The summed E-state index contributed by atoms with van der Waals surface area (Å²) < 4.78 is 0. The van der Waals surface area contributed by atoms with Crippen molar-refractivity contribution in [2.45, 2.75) is 44.1 Å². The van der Waals surface area contributed by atoms with Gasteiger partial charge in [0.25, 0.3) is 0 Å². The Hall–Kier alpha value is -1.56. The van der Waals surface area contributed by atoms with E-state index in [9.17, 15) is 0 Å². The molecule has 2 aromatic carbocycles. The lowest BCUT2D eigenvalue weighted by molar-refractivity contribution is 0.687. The fourth-order valence-electron chi connectivity index (χ4n) is 3.63. The number of anilines is 1. The third kappa shape index (κ3) is 3.74. The predicted octanol–water partition coefficient (Wildman–Crippen LogP) is 4.47. The van der Waals surface area contributed by atoms with Crippen LogP contribution >= 0.6 is 24.0 Å². The predicted molar refractivity (Wildman–Crippen MR) is 111 cm³/mol. The molecule has 2 aliphatic carbocycles. The summed E-state index contributed by atoms with van der Waals surface area (Å²) in [6.45, 7) is 0. The van der Waals surface area contributed by atoms with Crippen LogP contribution in [-0.4, -0.2) is 12.0 Å². The van der Waals surface area contributed by atoms with Gasteiger partial charge in [-0.2, -0.15) is 0 Å². The van der Waals surface area contributed by atoms with Crippen LogP contribution in [0, 0.1) is 0 Å². The van der Waals surface area contributed by atoms with Gasteiger partial charge in [-0.15, -0.1) is 24.0 Å². The number of fused-ring (bicyclic) bond motifs is 1. The summed E-state index contributed by atoms with van der Waals surface area (Å²) in [6, 6.07) is 17.4. The Balaban J connectivity index is 0.00000169. The van der Waals surface area contributed by atoms with Gasteiger partial charge in [0.15, 0.2) is 5.96 Å². The SMILES string of the molecule is I.NC(=NC1CC1c1ccccc1)Nc1cccc2c1CCCC2. The molecule has 24 heavy (non-hydrogen) atoms. The topological polar surface area (TPSA) is 50.4 Å². The van der Waals surface area contributed by atoms with Gasteiger partial charge in [0, 0.05) is 11.6 Å². The molecule has 0 heterocycles. The zero-order valence-electron chi connectivity index (χ0n) is 13.7. The molecular formula is C20H24IN3. The van der Waals surface area contributed by atoms with Crippen molar-refractivity contribution in [3.63, 3.8) is 0 Å². The van der Waals surface area contributed by atoms with Gasteiger partial charge < -0.3 is 11.1 Å². The summed E-state index contributed by atoms with van der Waals surface area (Å²) in [7, 11) is 0. The lowest BCUT2D eigenvalue weighted by atomic mass is 9.90. The summed E-state index contributed by atoms with van der Waals surface area (Å²) in [4.78, 5) is 4.67. The molecule has 4 heteroatoms. The summed E-state index contributed by atoms with van der Waals surface area (Å²) >= 11 is 0. The highest BCUT2D eigenvalue weighted by Gasteiger charge is 2.38. The number of nitrogens with one attached hydrogen (secondary N) is 1. The van der Waals surface area contributed by atoms with Crippen molar-refractivity contribution in [3.8, 4) is 0 Å². The van der Waals surface area contributed by atoms with Crippen LogP contribution in [0.1, 0.15) is 41.9 Å². The molecule has 0 aliphatic heterocycles. The molecule has 0 aromatic heterocycles. The van der Waals surface area contributed by atoms with Crippen molar-refractivity contribution in [1.29, 1.82) is 0 Å². The molecule has 0 spiro atoms. The quantitative estimate of drug-likeness (QED) is 0.427. The van der Waals surface area contributed by atoms with Crippen LogP contribution in [-0.2, 0) is 12.8 Å². The Labute approximate surface area is 160 Å². The molecular weight excluding hydrogens is 409 g/mol. The van der Waals surface area contributed by atoms with Crippen molar-refractivity contribution in [1.82, 2.24) is 0 Å². The second-order valence-electron chi connectivity index (χ2n) is 6.61. The highest BCUT2D eigenvalue weighted by atomic mass is 127. The molecule has 3 nitrogen and oxygen atoms in total. The smallest absolute Gasteiger partial charge is 0.193 e. The van der Waals surface area contributed by atoms with Gasteiger partial charge in [0.1, 0.15) is 0 Å². The number of benzene rings is 2. The Bertz CT molecular complexity index is 727. The molecule has 0 radical (unpaired) electrons. The van der Waals surface area contributed by atoms with E-state index >= 15 is 0 Å². The highest BCUT2D eigenvalue weighted by molar-refractivity contribution is 14.0. The molecule has 2 unspecified atom stereocenters. The number of aliphatic imine (C=N–C) groups is 1. The largest absolute Gasteiger partial charge is 0.370 e. The first-order chi connectivity index (χ1) is 11.3. The normalized spacial score (nSPS) is 22.2. The van der Waals surface area contributed by atoms with Gasteiger partial charge >= 0.3 is 0 Å². The molecule has 0 saturated heterocycles. The minimum absolute atomic E-state index is 0. The van der Waals surface area contributed by atoms with Crippen LogP contribution in [0.25, 0.3) is 0 Å². The van der Waals surface area contributed by atoms with Gasteiger partial charge in [-0.25, -0.2) is 4.99 Å². The van der Waals surface area contributed by atoms with E-state index in [1.165, 1.54) is 36.0 Å². The van der Waals surface area contributed by atoms with Crippen molar-refractivity contribution >= 4 is 35.6 Å². The summed E-state index contributed by atoms with van der Waals surface area (Å²) in [5.74, 6) is 1.08.